The summed E-state index contributed by atoms with van der Waals surface area (Å²) in [6.07, 6.45) is 0.634. The fourth-order valence-electron chi connectivity index (χ4n) is 3.56. The third-order valence-corrected chi connectivity index (χ3v) is 4.84. The Morgan fingerprint density at radius 3 is 2.04 bits per heavy atom. The van der Waals surface area contributed by atoms with Crippen LogP contribution >= 0.6 is 0 Å². The highest BCUT2D eigenvalue weighted by molar-refractivity contribution is 5.92. The topological polar surface area (TPSA) is 49.8 Å². The molecule has 1 N–H and O–H groups in total. The molecule has 4 rings (SSSR count). The molecule has 0 amide bonds. The van der Waals surface area contributed by atoms with Gasteiger partial charge in [0.25, 0.3) is 0 Å². The number of rotatable bonds is 6. The van der Waals surface area contributed by atoms with Crippen molar-refractivity contribution in [3.05, 3.63) is 95.1 Å². The maximum Gasteiger partial charge on any atom is 0.336 e. The quantitative estimate of drug-likeness (QED) is 0.703. The standard InChI is InChI=1S/C23H21NO3/c25-23(26)20-11-12-21(22-19(20)13-14-27-22)24(15-17-7-3-1-4-8-17)16-18-9-5-2-6-10-18/h1-12H,13-16H2,(H,25,26). The number of aromatic carboxylic acids is 1. The zero-order chi connectivity index (χ0) is 18.6. The van der Waals surface area contributed by atoms with Gasteiger partial charge in [-0.15, -0.1) is 0 Å². The number of anilines is 1. The Bertz CT molecular complexity index is 897. The van der Waals surface area contributed by atoms with Gasteiger partial charge in [-0.2, -0.15) is 0 Å². The molecule has 27 heavy (non-hydrogen) atoms. The van der Waals surface area contributed by atoms with Crippen LogP contribution in [0.3, 0.4) is 0 Å². The maximum absolute atomic E-state index is 11.6. The van der Waals surface area contributed by atoms with Gasteiger partial charge in [-0.1, -0.05) is 60.7 Å². The van der Waals surface area contributed by atoms with Gasteiger partial charge in [0.05, 0.1) is 17.9 Å². The van der Waals surface area contributed by atoms with E-state index in [0.717, 1.165) is 24.3 Å². The average molecular weight is 359 g/mol. The van der Waals surface area contributed by atoms with Crippen molar-refractivity contribution in [1.29, 1.82) is 0 Å². The molecule has 0 bridgehead atoms. The lowest BCUT2D eigenvalue weighted by molar-refractivity contribution is 0.0696. The summed E-state index contributed by atoms with van der Waals surface area (Å²) in [6.45, 7) is 1.97. The molecule has 4 nitrogen and oxygen atoms in total. The number of carboxylic acid groups (broad SMARTS) is 1. The number of carboxylic acids is 1. The van der Waals surface area contributed by atoms with Crippen molar-refractivity contribution < 1.29 is 14.6 Å². The molecule has 0 atom stereocenters. The molecule has 1 aliphatic rings. The van der Waals surface area contributed by atoms with Crippen LogP contribution in [-0.4, -0.2) is 17.7 Å². The van der Waals surface area contributed by atoms with Gasteiger partial charge in [0.1, 0.15) is 5.75 Å². The molecule has 136 valence electrons. The summed E-state index contributed by atoms with van der Waals surface area (Å²) in [6, 6.07) is 24.1. The highest BCUT2D eigenvalue weighted by Crippen LogP contribution is 2.39. The molecule has 0 saturated heterocycles. The lowest BCUT2D eigenvalue weighted by atomic mass is 10.0. The van der Waals surface area contributed by atoms with E-state index < -0.39 is 5.97 Å². The highest BCUT2D eigenvalue weighted by Gasteiger charge is 2.26. The lowest BCUT2D eigenvalue weighted by Gasteiger charge is -2.27. The number of fused-ring (bicyclic) bond motifs is 1. The molecular weight excluding hydrogens is 338 g/mol. The zero-order valence-corrected chi connectivity index (χ0v) is 15.0. The van der Waals surface area contributed by atoms with Crippen molar-refractivity contribution in [2.24, 2.45) is 0 Å². The van der Waals surface area contributed by atoms with E-state index in [4.69, 9.17) is 4.74 Å². The van der Waals surface area contributed by atoms with E-state index in [9.17, 15) is 9.90 Å². The van der Waals surface area contributed by atoms with Gasteiger partial charge in [-0.05, 0) is 23.3 Å². The Morgan fingerprint density at radius 2 is 1.48 bits per heavy atom. The van der Waals surface area contributed by atoms with Gasteiger partial charge in [0, 0.05) is 25.1 Å². The summed E-state index contributed by atoms with van der Waals surface area (Å²) in [5, 5.41) is 9.48. The molecule has 3 aromatic rings. The van der Waals surface area contributed by atoms with Crippen LogP contribution in [0.5, 0.6) is 5.75 Å². The van der Waals surface area contributed by atoms with Crippen LogP contribution < -0.4 is 9.64 Å². The smallest absolute Gasteiger partial charge is 0.336 e. The fourth-order valence-corrected chi connectivity index (χ4v) is 3.56. The van der Waals surface area contributed by atoms with E-state index in [0.29, 0.717) is 24.3 Å². The number of hydrogen-bond donors (Lipinski definition) is 1. The van der Waals surface area contributed by atoms with Crippen LogP contribution in [-0.2, 0) is 19.5 Å². The molecule has 0 radical (unpaired) electrons. The maximum atomic E-state index is 11.6. The first-order chi connectivity index (χ1) is 13.2. The van der Waals surface area contributed by atoms with Crippen LogP contribution in [0.15, 0.2) is 72.8 Å². The fraction of sp³-hybridized carbons (Fsp3) is 0.174. The van der Waals surface area contributed by atoms with Crippen LogP contribution in [0.4, 0.5) is 5.69 Å². The summed E-state index contributed by atoms with van der Waals surface area (Å²) < 4.78 is 5.87. The van der Waals surface area contributed by atoms with Crippen molar-refractivity contribution in [2.45, 2.75) is 19.5 Å². The molecule has 3 aromatic carbocycles. The molecule has 1 heterocycles. The van der Waals surface area contributed by atoms with Gasteiger partial charge >= 0.3 is 5.97 Å². The second-order valence-corrected chi connectivity index (χ2v) is 6.67. The van der Waals surface area contributed by atoms with E-state index in [1.54, 1.807) is 6.07 Å². The van der Waals surface area contributed by atoms with Gasteiger partial charge in [0.15, 0.2) is 0 Å². The van der Waals surface area contributed by atoms with Crippen LogP contribution in [0, 0.1) is 0 Å². The van der Waals surface area contributed by atoms with Crippen LogP contribution in [0.25, 0.3) is 0 Å². The van der Waals surface area contributed by atoms with Gasteiger partial charge in [0.2, 0.25) is 0 Å². The predicted molar refractivity (Wildman–Crippen MR) is 105 cm³/mol. The summed E-state index contributed by atoms with van der Waals surface area (Å²) in [5.74, 6) is -0.192. The molecule has 0 fully saturated rings. The first-order valence-electron chi connectivity index (χ1n) is 9.07. The van der Waals surface area contributed by atoms with E-state index in [2.05, 4.69) is 29.2 Å². The van der Waals surface area contributed by atoms with Crippen molar-refractivity contribution in [2.75, 3.05) is 11.5 Å². The second-order valence-electron chi connectivity index (χ2n) is 6.67. The first kappa shape index (κ1) is 17.2. The summed E-state index contributed by atoms with van der Waals surface area (Å²) in [7, 11) is 0. The van der Waals surface area contributed by atoms with Crippen LogP contribution in [0.1, 0.15) is 27.0 Å². The minimum absolute atomic E-state index is 0.339. The van der Waals surface area contributed by atoms with Crippen molar-refractivity contribution in [1.82, 2.24) is 0 Å². The van der Waals surface area contributed by atoms with Gasteiger partial charge in [-0.25, -0.2) is 4.79 Å². The Balaban J connectivity index is 1.74. The first-order valence-corrected chi connectivity index (χ1v) is 9.07. The molecule has 0 spiro atoms. The third kappa shape index (κ3) is 3.65. The Labute approximate surface area is 158 Å². The van der Waals surface area contributed by atoms with E-state index in [-0.39, 0.29) is 0 Å². The van der Waals surface area contributed by atoms with Crippen molar-refractivity contribution in [3.8, 4) is 5.75 Å². The van der Waals surface area contributed by atoms with Crippen molar-refractivity contribution >= 4 is 11.7 Å². The van der Waals surface area contributed by atoms with E-state index >= 15 is 0 Å². The Morgan fingerprint density at radius 1 is 0.889 bits per heavy atom. The van der Waals surface area contributed by atoms with Crippen LogP contribution in [0.2, 0.25) is 0 Å². The average Bonchev–Trinajstić information content (AvgIpc) is 3.18. The van der Waals surface area contributed by atoms with E-state index in [1.807, 2.05) is 42.5 Å². The number of ether oxygens (including phenoxy) is 1. The molecule has 1 aliphatic heterocycles. The van der Waals surface area contributed by atoms with Gasteiger partial charge < -0.3 is 14.7 Å². The summed E-state index contributed by atoms with van der Waals surface area (Å²) in [5.41, 5.74) is 4.47. The van der Waals surface area contributed by atoms with E-state index in [1.165, 1.54) is 11.1 Å². The monoisotopic (exact) mass is 359 g/mol. The van der Waals surface area contributed by atoms with Crippen molar-refractivity contribution in [3.63, 3.8) is 0 Å². The summed E-state index contributed by atoms with van der Waals surface area (Å²) in [4.78, 5) is 13.8. The molecule has 0 saturated carbocycles. The number of carbonyl (C=O) groups is 1. The SMILES string of the molecule is O=C(O)c1ccc(N(Cc2ccccc2)Cc2ccccc2)c2c1CCO2. The van der Waals surface area contributed by atoms with Gasteiger partial charge in [-0.3, -0.25) is 0 Å². The largest absolute Gasteiger partial charge is 0.491 e. The molecule has 0 unspecified atom stereocenters. The normalized spacial score (nSPS) is 12.3. The molecule has 0 aliphatic carbocycles. The Kier molecular flexibility index (Phi) is 4.79. The lowest BCUT2D eigenvalue weighted by Crippen LogP contribution is -2.23. The third-order valence-electron chi connectivity index (χ3n) is 4.84. The number of nitrogens with zero attached hydrogens (tertiary/aromatic N) is 1. The summed E-state index contributed by atoms with van der Waals surface area (Å²) >= 11 is 0. The molecule has 4 heteroatoms. The molecule has 0 aromatic heterocycles. The number of hydrogen-bond acceptors (Lipinski definition) is 3. The Hall–Kier alpha value is -3.27. The minimum Gasteiger partial charge on any atom is -0.491 e. The minimum atomic E-state index is -0.902. The molecular formula is C23H21NO3. The predicted octanol–water partition coefficient (Wildman–Crippen LogP) is 4.53. The highest BCUT2D eigenvalue weighted by atomic mass is 16.5. The second kappa shape index (κ2) is 7.54. The zero-order valence-electron chi connectivity index (χ0n) is 15.0. The number of benzene rings is 3.